The fourth-order valence-corrected chi connectivity index (χ4v) is 7.81. The van der Waals surface area contributed by atoms with Crippen LogP contribution in [0, 0.1) is 17.6 Å². The first kappa shape index (κ1) is 35.2. The molecular formula is C33H29F7N8O3S. The summed E-state index contributed by atoms with van der Waals surface area (Å²) in [6.45, 7) is -1.04. The van der Waals surface area contributed by atoms with Crippen molar-refractivity contribution in [3.05, 3.63) is 88.5 Å². The maximum Gasteiger partial charge on any atom is 0.435 e. The second-order valence-corrected chi connectivity index (χ2v) is 14.8. The highest BCUT2D eigenvalue weighted by atomic mass is 32.2. The van der Waals surface area contributed by atoms with Crippen LogP contribution in [-0.4, -0.2) is 45.1 Å². The van der Waals surface area contributed by atoms with E-state index in [9.17, 15) is 35.2 Å². The van der Waals surface area contributed by atoms with Gasteiger partial charge in [0, 0.05) is 41.1 Å². The summed E-state index contributed by atoms with van der Waals surface area (Å²) in [5.41, 5.74) is 4.43. The standard InChI is InChI=1S/C33H29F7N8O3S/c1-47-28-19(4-3-5-21(28)31(45-47)46-52(2,50)51)22-12-18(41)13-42-27(22)24(10-15-8-16(34)11-17(35)9-15)43-25(49)14-48-30-26(29(44-48)33(38,39)40)20-6-7-23(20)32(30,36)37/h3-5,8-9,11-13,20,23-24H,6-7,10,14,41H2,1-2H3,(H,43,49)(H,45,46)/t20-,23+,24-/m0/s1. The summed E-state index contributed by atoms with van der Waals surface area (Å²) in [5, 5.41) is 10.7. The number of benzene rings is 2. The number of sulfonamides is 1. The molecule has 0 radical (unpaired) electrons. The number of aryl methyl sites for hydroxylation is 1. The van der Waals surface area contributed by atoms with E-state index in [0.717, 1.165) is 18.4 Å². The Balaban J connectivity index is 1.32. The highest BCUT2D eigenvalue weighted by molar-refractivity contribution is 7.92. The predicted octanol–water partition coefficient (Wildman–Crippen LogP) is 5.78. The number of alkyl halides is 5. The van der Waals surface area contributed by atoms with E-state index in [1.54, 1.807) is 25.2 Å². The molecule has 0 unspecified atom stereocenters. The molecule has 3 aromatic heterocycles. The van der Waals surface area contributed by atoms with Gasteiger partial charge in [-0.1, -0.05) is 12.1 Å². The number of fused-ring (bicyclic) bond motifs is 4. The van der Waals surface area contributed by atoms with Gasteiger partial charge in [-0.25, -0.2) is 17.2 Å². The van der Waals surface area contributed by atoms with Crippen molar-refractivity contribution in [2.75, 3.05) is 16.7 Å². The molecule has 2 aromatic carbocycles. The molecule has 11 nitrogen and oxygen atoms in total. The average molecular weight is 751 g/mol. The number of rotatable bonds is 9. The summed E-state index contributed by atoms with van der Waals surface area (Å²) < 4.78 is 130. The zero-order valence-corrected chi connectivity index (χ0v) is 28.1. The van der Waals surface area contributed by atoms with E-state index >= 15 is 8.78 Å². The van der Waals surface area contributed by atoms with Gasteiger partial charge < -0.3 is 11.1 Å². The van der Waals surface area contributed by atoms with Gasteiger partial charge in [0.25, 0.3) is 5.92 Å². The van der Waals surface area contributed by atoms with Crippen molar-refractivity contribution in [3.8, 4) is 11.1 Å². The van der Waals surface area contributed by atoms with E-state index in [1.807, 2.05) is 0 Å². The number of nitrogens with zero attached hydrogens (tertiary/aromatic N) is 5. The van der Waals surface area contributed by atoms with Crippen LogP contribution in [0.25, 0.3) is 22.0 Å². The van der Waals surface area contributed by atoms with Gasteiger partial charge in [0.2, 0.25) is 15.9 Å². The van der Waals surface area contributed by atoms with E-state index in [0.29, 0.717) is 27.2 Å². The van der Waals surface area contributed by atoms with E-state index < -0.39 is 81.0 Å². The number of pyridine rings is 1. The van der Waals surface area contributed by atoms with Crippen LogP contribution in [0.15, 0.2) is 48.7 Å². The van der Waals surface area contributed by atoms with Gasteiger partial charge in [-0.2, -0.15) is 32.1 Å². The average Bonchev–Trinajstić information content (AvgIpc) is 3.56. The molecule has 2 aliphatic rings. The summed E-state index contributed by atoms with van der Waals surface area (Å²) in [7, 11) is -2.20. The van der Waals surface area contributed by atoms with Crippen molar-refractivity contribution < 1.29 is 43.9 Å². The van der Waals surface area contributed by atoms with Crippen LogP contribution in [0.1, 0.15) is 53.0 Å². The van der Waals surface area contributed by atoms with Crippen molar-refractivity contribution in [3.63, 3.8) is 0 Å². The maximum absolute atomic E-state index is 15.5. The molecule has 7 rings (SSSR count). The van der Waals surface area contributed by atoms with Crippen LogP contribution in [-0.2, 0) is 46.9 Å². The number of halogens is 7. The van der Waals surface area contributed by atoms with Crippen molar-refractivity contribution in [2.24, 2.45) is 13.0 Å². The van der Waals surface area contributed by atoms with Gasteiger partial charge >= 0.3 is 6.18 Å². The molecule has 0 spiro atoms. The number of amides is 1. The third-order valence-corrected chi connectivity index (χ3v) is 9.95. The Morgan fingerprint density at radius 3 is 2.42 bits per heavy atom. The number of hydrogen-bond donors (Lipinski definition) is 3. The van der Waals surface area contributed by atoms with Crippen LogP contribution in [0.3, 0.4) is 0 Å². The van der Waals surface area contributed by atoms with E-state index in [1.165, 1.54) is 16.9 Å². The Kier molecular flexibility index (Phi) is 8.26. The molecule has 2 aliphatic carbocycles. The van der Waals surface area contributed by atoms with E-state index in [-0.39, 0.29) is 47.6 Å². The number of nitrogens with two attached hydrogens (primary N) is 1. The fourth-order valence-electron chi connectivity index (χ4n) is 7.30. The summed E-state index contributed by atoms with van der Waals surface area (Å²) in [5.74, 6) is -8.94. The zero-order chi connectivity index (χ0) is 37.5. The minimum absolute atomic E-state index is 0.00979. The van der Waals surface area contributed by atoms with Gasteiger partial charge in [-0.05, 0) is 55.0 Å². The molecule has 19 heteroatoms. The number of nitrogens with one attached hydrogen (secondary N) is 2. The Morgan fingerprint density at radius 2 is 1.79 bits per heavy atom. The van der Waals surface area contributed by atoms with Crippen LogP contribution in [0.2, 0.25) is 0 Å². The van der Waals surface area contributed by atoms with Crippen molar-refractivity contribution in [2.45, 2.75) is 49.9 Å². The SMILES string of the molecule is Cn1nc(NS(C)(=O)=O)c2cccc(-c3cc(N)cnc3[C@H](Cc3cc(F)cc(F)c3)NC(=O)Cn3nc(C(F)(F)F)c4c3C(F)(F)[C@@H]3CC[C@H]43)c21. The topological polar surface area (TPSA) is 150 Å². The highest BCUT2D eigenvalue weighted by Crippen LogP contribution is 2.64. The Hall–Kier alpha value is -5.20. The molecule has 1 amide bonds. The van der Waals surface area contributed by atoms with Crippen LogP contribution in [0.5, 0.6) is 0 Å². The molecule has 0 bridgehead atoms. The maximum atomic E-state index is 15.5. The molecule has 274 valence electrons. The van der Waals surface area contributed by atoms with E-state index in [4.69, 9.17) is 5.73 Å². The summed E-state index contributed by atoms with van der Waals surface area (Å²) in [4.78, 5) is 18.2. The predicted molar refractivity (Wildman–Crippen MR) is 174 cm³/mol. The molecule has 4 N–H and O–H groups in total. The van der Waals surface area contributed by atoms with Crippen LogP contribution in [0.4, 0.5) is 42.2 Å². The molecule has 5 aromatic rings. The second-order valence-electron chi connectivity index (χ2n) is 13.0. The summed E-state index contributed by atoms with van der Waals surface area (Å²) in [6.07, 6.45) is -3.03. The van der Waals surface area contributed by atoms with Crippen LogP contribution >= 0.6 is 0 Å². The van der Waals surface area contributed by atoms with Gasteiger partial charge in [0.05, 0.1) is 35.4 Å². The normalized spacial score (nSPS) is 18.5. The first-order valence-electron chi connectivity index (χ1n) is 15.8. The molecular weight excluding hydrogens is 721 g/mol. The molecule has 3 heterocycles. The second kappa shape index (κ2) is 12.2. The van der Waals surface area contributed by atoms with Gasteiger partial charge in [0.15, 0.2) is 11.5 Å². The largest absolute Gasteiger partial charge is 0.435 e. The number of hydrogen-bond acceptors (Lipinski definition) is 7. The Bertz CT molecular complexity index is 2350. The lowest BCUT2D eigenvalue weighted by molar-refractivity contribution is -0.144. The molecule has 0 saturated heterocycles. The minimum Gasteiger partial charge on any atom is -0.397 e. The lowest BCUT2D eigenvalue weighted by Gasteiger charge is -2.34. The number of carbonyl (C=O) groups is 1. The number of carbonyl (C=O) groups excluding carboxylic acids is 1. The van der Waals surface area contributed by atoms with Gasteiger partial charge in [0.1, 0.15) is 23.9 Å². The zero-order valence-electron chi connectivity index (χ0n) is 27.3. The van der Waals surface area contributed by atoms with Gasteiger partial charge in [-0.15, -0.1) is 0 Å². The Morgan fingerprint density at radius 1 is 1.08 bits per heavy atom. The van der Waals surface area contributed by atoms with E-state index in [2.05, 4.69) is 25.2 Å². The molecule has 1 saturated carbocycles. The smallest absolute Gasteiger partial charge is 0.397 e. The first-order chi connectivity index (χ1) is 24.3. The van der Waals surface area contributed by atoms with Crippen molar-refractivity contribution in [1.82, 2.24) is 29.9 Å². The van der Waals surface area contributed by atoms with Crippen LogP contribution < -0.4 is 15.8 Å². The molecule has 52 heavy (non-hydrogen) atoms. The van der Waals surface area contributed by atoms with Gasteiger partial charge in [-0.3, -0.25) is 23.9 Å². The van der Waals surface area contributed by atoms with Crippen molar-refractivity contribution in [1.29, 1.82) is 0 Å². The highest BCUT2D eigenvalue weighted by Gasteiger charge is 2.63. The lowest BCUT2D eigenvalue weighted by atomic mass is 9.73. The number of anilines is 2. The number of para-hydroxylation sites is 1. The summed E-state index contributed by atoms with van der Waals surface area (Å²) >= 11 is 0. The molecule has 3 atom stereocenters. The molecule has 0 aliphatic heterocycles. The minimum atomic E-state index is -5.05. The number of aromatic nitrogens is 5. The Labute approximate surface area is 291 Å². The summed E-state index contributed by atoms with van der Waals surface area (Å²) in [6, 6.07) is 7.71. The lowest BCUT2D eigenvalue weighted by Crippen LogP contribution is -2.36. The molecule has 1 fully saturated rings. The first-order valence-corrected chi connectivity index (χ1v) is 17.7. The third-order valence-electron chi connectivity index (χ3n) is 9.38. The fraction of sp³-hybridized carbons (Fsp3) is 0.333. The van der Waals surface area contributed by atoms with Crippen molar-refractivity contribution >= 4 is 38.3 Å². The number of nitrogen functional groups attached to an aromatic ring is 1. The third kappa shape index (κ3) is 6.19. The monoisotopic (exact) mass is 750 g/mol. The quantitative estimate of drug-likeness (QED) is 0.162.